The molecule has 0 N–H and O–H groups in total. The molecule has 0 fully saturated rings. The molecule has 0 saturated carbocycles. The maximum absolute atomic E-state index is 2.55. The monoisotopic (exact) mass is 516 g/mol. The fourth-order valence-electron chi connectivity index (χ4n) is 6.78. The summed E-state index contributed by atoms with van der Waals surface area (Å²) in [6, 6.07) is 49.5. The summed E-state index contributed by atoms with van der Waals surface area (Å²) >= 11 is 0. The SMILES string of the molecule is CS1(C)c2cc3c(-c4ccccc4)c4ccccc4c(-c4ccccc4)c3cc2-c2ccc3ccccc3c21. The molecule has 0 spiro atoms. The third-order valence-electron chi connectivity index (χ3n) is 8.48. The van der Waals surface area contributed by atoms with Gasteiger partial charge in [0.05, 0.1) is 0 Å². The Morgan fingerprint density at radius 1 is 0.410 bits per heavy atom. The van der Waals surface area contributed by atoms with E-state index in [0.29, 0.717) is 0 Å². The normalized spacial score (nSPS) is 14.4. The Balaban J connectivity index is 1.59. The number of fused-ring (bicyclic) bond motifs is 7. The van der Waals surface area contributed by atoms with Crippen LogP contribution in [-0.4, -0.2) is 12.5 Å². The summed E-state index contributed by atoms with van der Waals surface area (Å²) < 4.78 is 0. The van der Waals surface area contributed by atoms with Gasteiger partial charge in [-0.2, -0.15) is 10.0 Å². The first-order chi connectivity index (χ1) is 19.1. The maximum Gasteiger partial charge on any atom is 0.00942 e. The van der Waals surface area contributed by atoms with Gasteiger partial charge in [0, 0.05) is 9.79 Å². The highest BCUT2D eigenvalue weighted by Gasteiger charge is 2.34. The van der Waals surface area contributed by atoms with Gasteiger partial charge in [0.15, 0.2) is 0 Å². The minimum Gasteiger partial charge on any atom is -0.192 e. The first-order valence-corrected chi connectivity index (χ1v) is 16.0. The van der Waals surface area contributed by atoms with E-state index >= 15 is 0 Å². The third kappa shape index (κ3) is 3.20. The molecule has 7 aromatic carbocycles. The van der Waals surface area contributed by atoms with Crippen molar-refractivity contribution in [2.45, 2.75) is 9.79 Å². The van der Waals surface area contributed by atoms with E-state index in [1.165, 1.54) is 75.5 Å². The van der Waals surface area contributed by atoms with Crippen LogP contribution in [0.2, 0.25) is 0 Å². The van der Waals surface area contributed by atoms with E-state index in [-0.39, 0.29) is 0 Å². The lowest BCUT2D eigenvalue weighted by Crippen LogP contribution is -1.95. The predicted molar refractivity (Wildman–Crippen MR) is 171 cm³/mol. The molecule has 0 aromatic heterocycles. The van der Waals surface area contributed by atoms with Crippen molar-refractivity contribution in [2.75, 3.05) is 12.5 Å². The Labute approximate surface area is 230 Å². The van der Waals surface area contributed by atoms with Crippen LogP contribution in [0.1, 0.15) is 0 Å². The van der Waals surface area contributed by atoms with Crippen molar-refractivity contribution in [3.63, 3.8) is 0 Å². The third-order valence-corrected chi connectivity index (χ3v) is 11.4. The van der Waals surface area contributed by atoms with Crippen LogP contribution in [0.5, 0.6) is 0 Å². The summed E-state index contributed by atoms with van der Waals surface area (Å²) in [7, 11) is -1.21. The molecule has 8 rings (SSSR count). The van der Waals surface area contributed by atoms with Gasteiger partial charge in [-0.05, 0) is 90.3 Å². The molecule has 1 aliphatic heterocycles. The van der Waals surface area contributed by atoms with Crippen molar-refractivity contribution >= 4 is 42.3 Å². The highest BCUT2D eigenvalue weighted by molar-refractivity contribution is 8.33. The van der Waals surface area contributed by atoms with E-state index in [4.69, 9.17) is 0 Å². The number of benzene rings is 7. The number of hydrogen-bond acceptors (Lipinski definition) is 0. The second kappa shape index (κ2) is 8.33. The molecule has 0 saturated heterocycles. The van der Waals surface area contributed by atoms with Gasteiger partial charge < -0.3 is 0 Å². The fourth-order valence-corrected chi connectivity index (χ4v) is 9.60. The largest absolute Gasteiger partial charge is 0.192 e. The van der Waals surface area contributed by atoms with Gasteiger partial charge in [0.25, 0.3) is 0 Å². The summed E-state index contributed by atoms with van der Waals surface area (Å²) in [6.45, 7) is 0. The van der Waals surface area contributed by atoms with Crippen molar-refractivity contribution < 1.29 is 0 Å². The summed E-state index contributed by atoms with van der Waals surface area (Å²) in [5, 5.41) is 8.01. The summed E-state index contributed by atoms with van der Waals surface area (Å²) in [5.74, 6) is 0. The standard InChI is InChI=1S/C38H28S/c1-39(2)35-24-34-33(23-32(35)31-22-21-25-13-9-10-18-28(25)38(31)39)36(26-14-5-3-6-15-26)29-19-11-12-20-30(29)37(34)27-16-7-4-8-17-27/h3-24H,1-2H3. The zero-order valence-corrected chi connectivity index (χ0v) is 22.9. The minimum absolute atomic E-state index is 1.21. The molecule has 0 aliphatic carbocycles. The van der Waals surface area contributed by atoms with Crippen molar-refractivity contribution in [3.8, 4) is 33.4 Å². The van der Waals surface area contributed by atoms with Crippen LogP contribution in [-0.2, 0) is 0 Å². The van der Waals surface area contributed by atoms with Crippen LogP contribution in [0, 0.1) is 0 Å². The van der Waals surface area contributed by atoms with Gasteiger partial charge in [-0.15, -0.1) is 0 Å². The van der Waals surface area contributed by atoms with Crippen molar-refractivity contribution in [2.24, 2.45) is 0 Å². The quantitative estimate of drug-likeness (QED) is 0.200. The highest BCUT2D eigenvalue weighted by Crippen LogP contribution is 2.69. The second-order valence-corrected chi connectivity index (χ2v) is 14.4. The summed E-state index contributed by atoms with van der Waals surface area (Å²) in [5.41, 5.74) is 7.99. The van der Waals surface area contributed by atoms with Gasteiger partial charge in [-0.1, -0.05) is 121 Å². The fraction of sp³-hybridized carbons (Fsp3) is 0.0526. The van der Waals surface area contributed by atoms with Gasteiger partial charge in [0.2, 0.25) is 0 Å². The first-order valence-electron chi connectivity index (χ1n) is 13.5. The molecule has 0 unspecified atom stereocenters. The average molecular weight is 517 g/mol. The molecule has 1 heteroatoms. The van der Waals surface area contributed by atoms with E-state index in [9.17, 15) is 0 Å². The smallest absolute Gasteiger partial charge is 0.00942 e. The summed E-state index contributed by atoms with van der Waals surface area (Å²) in [4.78, 5) is 3.02. The lowest BCUT2D eigenvalue weighted by atomic mass is 9.85. The van der Waals surface area contributed by atoms with Crippen LogP contribution < -0.4 is 0 Å². The molecule has 7 aromatic rings. The van der Waals surface area contributed by atoms with Crippen LogP contribution in [0.15, 0.2) is 143 Å². The first kappa shape index (κ1) is 22.6. The van der Waals surface area contributed by atoms with Gasteiger partial charge in [-0.25, -0.2) is 0 Å². The van der Waals surface area contributed by atoms with Crippen LogP contribution in [0.4, 0.5) is 0 Å². The van der Waals surface area contributed by atoms with Gasteiger partial charge in [0.1, 0.15) is 0 Å². The molecule has 0 atom stereocenters. The van der Waals surface area contributed by atoms with E-state index in [1.807, 2.05) is 0 Å². The highest BCUT2D eigenvalue weighted by atomic mass is 32.3. The Morgan fingerprint density at radius 3 is 1.54 bits per heavy atom. The van der Waals surface area contributed by atoms with E-state index in [0.717, 1.165) is 0 Å². The predicted octanol–water partition coefficient (Wildman–Crippen LogP) is 10.9. The Hall–Kier alpha value is -4.33. The van der Waals surface area contributed by atoms with Gasteiger partial charge in [-0.3, -0.25) is 0 Å². The molecular formula is C38H28S. The zero-order valence-electron chi connectivity index (χ0n) is 22.1. The van der Waals surface area contributed by atoms with Crippen LogP contribution >= 0.6 is 10.0 Å². The Morgan fingerprint density at radius 2 is 0.923 bits per heavy atom. The average Bonchev–Trinajstić information content (AvgIpc) is 3.21. The maximum atomic E-state index is 2.55. The Bertz CT molecular complexity index is 2070. The number of hydrogen-bond donors (Lipinski definition) is 0. The Kier molecular flexibility index (Phi) is 4.84. The molecule has 0 amide bonds. The lowest BCUT2D eigenvalue weighted by Gasteiger charge is -2.30. The number of rotatable bonds is 2. The van der Waals surface area contributed by atoms with Crippen molar-refractivity contribution in [3.05, 3.63) is 133 Å². The second-order valence-electron chi connectivity index (χ2n) is 10.9. The molecule has 1 aliphatic rings. The minimum atomic E-state index is -1.21. The molecule has 1 heterocycles. The van der Waals surface area contributed by atoms with E-state index < -0.39 is 10.0 Å². The van der Waals surface area contributed by atoms with Gasteiger partial charge >= 0.3 is 0 Å². The van der Waals surface area contributed by atoms with Crippen LogP contribution in [0.25, 0.3) is 65.7 Å². The van der Waals surface area contributed by atoms with Crippen molar-refractivity contribution in [1.82, 2.24) is 0 Å². The molecule has 0 radical (unpaired) electrons. The molecule has 0 nitrogen and oxygen atoms in total. The molecule has 186 valence electrons. The lowest BCUT2D eigenvalue weighted by molar-refractivity contribution is 1.50. The molecular weight excluding hydrogens is 488 g/mol. The summed E-state index contributed by atoms with van der Waals surface area (Å²) in [6.07, 6.45) is 4.97. The van der Waals surface area contributed by atoms with Crippen molar-refractivity contribution in [1.29, 1.82) is 0 Å². The topological polar surface area (TPSA) is 0 Å². The molecule has 0 bridgehead atoms. The van der Waals surface area contributed by atoms with E-state index in [1.54, 1.807) is 0 Å². The molecule has 39 heavy (non-hydrogen) atoms. The van der Waals surface area contributed by atoms with E-state index in [2.05, 4.69) is 146 Å². The van der Waals surface area contributed by atoms with Crippen LogP contribution in [0.3, 0.4) is 0 Å². The zero-order chi connectivity index (χ0) is 26.1.